The number of fused-ring (bicyclic) bond motifs is 1. The van der Waals surface area contributed by atoms with E-state index in [0.717, 1.165) is 25.0 Å². The van der Waals surface area contributed by atoms with Crippen molar-refractivity contribution in [1.82, 2.24) is 9.97 Å². The molecule has 4 aromatic rings. The first-order chi connectivity index (χ1) is 18.1. The lowest BCUT2D eigenvalue weighted by molar-refractivity contribution is -0.137. The van der Waals surface area contributed by atoms with Crippen LogP contribution in [0.15, 0.2) is 54.6 Å². The number of H-pyrrole nitrogens is 1. The number of ether oxygens (including phenoxy) is 1. The van der Waals surface area contributed by atoms with Crippen LogP contribution in [-0.4, -0.2) is 28.4 Å². The lowest BCUT2D eigenvalue weighted by atomic mass is 10.1. The number of carbonyl (C=O) groups excluding carboxylic acids is 2. The maximum Gasteiger partial charge on any atom is 0.417 e. The van der Waals surface area contributed by atoms with Crippen molar-refractivity contribution in [2.24, 2.45) is 0 Å². The summed E-state index contributed by atoms with van der Waals surface area (Å²) < 4.78 is 46.1. The van der Waals surface area contributed by atoms with Crippen LogP contribution >= 0.6 is 11.6 Å². The Kier molecular flexibility index (Phi) is 6.85. The quantitative estimate of drug-likeness (QED) is 0.255. The molecule has 1 aliphatic rings. The summed E-state index contributed by atoms with van der Waals surface area (Å²) in [5.74, 6) is -0.970. The van der Waals surface area contributed by atoms with E-state index in [1.54, 1.807) is 25.1 Å². The molecule has 7 nitrogen and oxygen atoms in total. The predicted octanol–water partition coefficient (Wildman–Crippen LogP) is 6.90. The Morgan fingerprint density at radius 3 is 2.55 bits per heavy atom. The highest BCUT2D eigenvalue weighted by Gasteiger charge is 2.35. The highest BCUT2D eigenvalue weighted by molar-refractivity contribution is 6.31. The van der Waals surface area contributed by atoms with Crippen molar-refractivity contribution in [2.75, 3.05) is 17.2 Å². The van der Waals surface area contributed by atoms with Gasteiger partial charge in [0.05, 0.1) is 22.2 Å². The molecule has 1 atom stereocenters. The number of imidazole rings is 1. The maximum atomic E-state index is 13.5. The van der Waals surface area contributed by atoms with Crippen LogP contribution in [0.25, 0.3) is 11.0 Å². The SMILES string of the molecule is Cc1c(Cl)cccc1NC(=O)c1cc(NC(=O)c2ccccc2C(F)(F)F)cc2[nH]c([C@H]3CCCO3)nc12. The number of benzene rings is 3. The minimum atomic E-state index is -4.71. The summed E-state index contributed by atoms with van der Waals surface area (Å²) in [5, 5.41) is 5.78. The zero-order valence-corrected chi connectivity index (χ0v) is 20.8. The molecule has 11 heteroatoms. The summed E-state index contributed by atoms with van der Waals surface area (Å²) in [5.41, 5.74) is 0.539. The van der Waals surface area contributed by atoms with Gasteiger partial charge in [-0.1, -0.05) is 29.8 Å². The van der Waals surface area contributed by atoms with Crippen LogP contribution in [0.1, 0.15) is 56.6 Å². The molecule has 3 N–H and O–H groups in total. The molecule has 2 amide bonds. The van der Waals surface area contributed by atoms with Crippen LogP contribution in [0, 0.1) is 6.92 Å². The summed E-state index contributed by atoms with van der Waals surface area (Å²) in [4.78, 5) is 34.1. The van der Waals surface area contributed by atoms with E-state index in [1.807, 2.05) is 0 Å². The molecule has 3 aromatic carbocycles. The molecule has 38 heavy (non-hydrogen) atoms. The number of alkyl halides is 3. The minimum Gasteiger partial charge on any atom is -0.370 e. The van der Waals surface area contributed by atoms with Crippen LogP contribution in [0.2, 0.25) is 5.02 Å². The van der Waals surface area contributed by atoms with Gasteiger partial charge in [-0.05, 0) is 61.7 Å². The number of aromatic amines is 1. The third kappa shape index (κ3) is 5.09. The van der Waals surface area contributed by atoms with Crippen molar-refractivity contribution in [3.05, 3.63) is 87.7 Å². The monoisotopic (exact) mass is 542 g/mol. The van der Waals surface area contributed by atoms with E-state index in [-0.39, 0.29) is 17.4 Å². The van der Waals surface area contributed by atoms with Gasteiger partial charge < -0.3 is 20.4 Å². The number of aromatic nitrogens is 2. The van der Waals surface area contributed by atoms with Gasteiger partial charge in [0.15, 0.2) is 0 Å². The molecule has 0 aliphatic carbocycles. The van der Waals surface area contributed by atoms with Gasteiger partial charge in [0.2, 0.25) is 0 Å². The van der Waals surface area contributed by atoms with E-state index in [1.165, 1.54) is 24.3 Å². The molecule has 0 radical (unpaired) electrons. The van der Waals surface area contributed by atoms with Crippen molar-refractivity contribution in [2.45, 2.75) is 32.0 Å². The highest BCUT2D eigenvalue weighted by atomic mass is 35.5. The fourth-order valence-corrected chi connectivity index (χ4v) is 4.56. The maximum absolute atomic E-state index is 13.5. The predicted molar refractivity (Wildman–Crippen MR) is 138 cm³/mol. The standard InChI is InChI=1S/C27H22ClF3N4O3/c1-14-19(28)8-4-9-20(14)34-26(37)17-12-15(13-21-23(17)35-24(33-21)22-10-5-11-38-22)32-25(36)16-6-2-3-7-18(16)27(29,30)31/h2-4,6-9,12-13,22H,5,10-11H2,1H3,(H,32,36)(H,33,35)(H,34,37)/t22-/m1/s1. The molecule has 0 saturated carbocycles. The second kappa shape index (κ2) is 10.1. The number of hydrogen-bond donors (Lipinski definition) is 3. The number of nitrogens with zero attached hydrogens (tertiary/aromatic N) is 1. The minimum absolute atomic E-state index is 0.113. The number of halogens is 4. The first kappa shape index (κ1) is 25.7. The first-order valence-corrected chi connectivity index (χ1v) is 12.2. The summed E-state index contributed by atoms with van der Waals surface area (Å²) in [6.45, 7) is 2.34. The zero-order valence-electron chi connectivity index (χ0n) is 20.1. The van der Waals surface area contributed by atoms with E-state index in [4.69, 9.17) is 16.3 Å². The van der Waals surface area contributed by atoms with Crippen molar-refractivity contribution in [1.29, 1.82) is 0 Å². The lowest BCUT2D eigenvalue weighted by Gasteiger charge is -2.14. The van der Waals surface area contributed by atoms with Gasteiger partial charge in [0, 0.05) is 23.0 Å². The number of rotatable bonds is 5. The average molecular weight is 543 g/mol. The molecule has 1 fully saturated rings. The smallest absolute Gasteiger partial charge is 0.370 e. The van der Waals surface area contributed by atoms with Gasteiger partial charge in [-0.2, -0.15) is 13.2 Å². The number of anilines is 2. The third-order valence-electron chi connectivity index (χ3n) is 6.34. The molecule has 2 heterocycles. The summed E-state index contributed by atoms with van der Waals surface area (Å²) in [7, 11) is 0. The van der Waals surface area contributed by atoms with Crippen molar-refractivity contribution in [3.63, 3.8) is 0 Å². The van der Waals surface area contributed by atoms with E-state index >= 15 is 0 Å². The van der Waals surface area contributed by atoms with Crippen LogP contribution in [0.4, 0.5) is 24.5 Å². The largest absolute Gasteiger partial charge is 0.417 e. The van der Waals surface area contributed by atoms with E-state index in [9.17, 15) is 22.8 Å². The van der Waals surface area contributed by atoms with E-state index < -0.39 is 29.1 Å². The fourth-order valence-electron chi connectivity index (χ4n) is 4.39. The highest BCUT2D eigenvalue weighted by Crippen LogP contribution is 2.34. The number of hydrogen-bond acceptors (Lipinski definition) is 4. The molecule has 5 rings (SSSR count). The molecule has 0 spiro atoms. The number of amides is 2. The van der Waals surface area contributed by atoms with Crippen LogP contribution < -0.4 is 10.6 Å². The first-order valence-electron chi connectivity index (χ1n) is 11.8. The Labute approximate surface area is 220 Å². The zero-order chi connectivity index (χ0) is 27.0. The molecular formula is C27H22ClF3N4O3. The van der Waals surface area contributed by atoms with Gasteiger partial charge in [-0.3, -0.25) is 9.59 Å². The van der Waals surface area contributed by atoms with Crippen molar-refractivity contribution < 1.29 is 27.5 Å². The molecule has 0 bridgehead atoms. The Hall–Kier alpha value is -3.89. The van der Waals surface area contributed by atoms with Crippen LogP contribution in [-0.2, 0) is 10.9 Å². The van der Waals surface area contributed by atoms with Crippen LogP contribution in [0.5, 0.6) is 0 Å². The van der Waals surface area contributed by atoms with Gasteiger partial charge >= 0.3 is 6.18 Å². The summed E-state index contributed by atoms with van der Waals surface area (Å²) in [6.07, 6.45) is -3.37. The Morgan fingerprint density at radius 1 is 1.05 bits per heavy atom. The van der Waals surface area contributed by atoms with Gasteiger partial charge in [-0.25, -0.2) is 4.98 Å². The topological polar surface area (TPSA) is 96.1 Å². The van der Waals surface area contributed by atoms with E-state index in [0.29, 0.717) is 39.7 Å². The molecule has 0 unspecified atom stereocenters. The van der Waals surface area contributed by atoms with Crippen molar-refractivity contribution in [3.8, 4) is 0 Å². The Morgan fingerprint density at radius 2 is 1.82 bits per heavy atom. The second-order valence-corrected chi connectivity index (χ2v) is 9.31. The van der Waals surface area contributed by atoms with Crippen molar-refractivity contribution >= 4 is 45.8 Å². The van der Waals surface area contributed by atoms with Gasteiger partial charge in [-0.15, -0.1) is 0 Å². The molecule has 1 saturated heterocycles. The van der Waals surface area contributed by atoms with E-state index in [2.05, 4.69) is 20.6 Å². The molecule has 1 aromatic heterocycles. The molecule has 1 aliphatic heterocycles. The fraction of sp³-hybridized carbons (Fsp3) is 0.222. The lowest BCUT2D eigenvalue weighted by Crippen LogP contribution is -2.19. The summed E-state index contributed by atoms with van der Waals surface area (Å²) in [6, 6.07) is 12.5. The third-order valence-corrected chi connectivity index (χ3v) is 6.74. The van der Waals surface area contributed by atoms with Gasteiger partial charge in [0.25, 0.3) is 11.8 Å². The van der Waals surface area contributed by atoms with Crippen LogP contribution in [0.3, 0.4) is 0 Å². The molecular weight excluding hydrogens is 521 g/mol. The molecule has 196 valence electrons. The Bertz CT molecular complexity index is 1540. The Balaban J connectivity index is 1.54. The normalized spacial score (nSPS) is 15.6. The number of nitrogens with one attached hydrogen (secondary N) is 3. The number of carbonyl (C=O) groups is 2. The average Bonchev–Trinajstić information content (AvgIpc) is 3.56. The summed E-state index contributed by atoms with van der Waals surface area (Å²) >= 11 is 6.19. The van der Waals surface area contributed by atoms with Gasteiger partial charge in [0.1, 0.15) is 17.4 Å². The second-order valence-electron chi connectivity index (χ2n) is 8.91.